The average Bonchev–Trinajstić information content (AvgIpc) is 3.92. The van der Waals surface area contributed by atoms with E-state index in [2.05, 4.69) is 103 Å². The van der Waals surface area contributed by atoms with Crippen molar-refractivity contribution in [1.82, 2.24) is 15.1 Å². The zero-order valence-corrected chi connectivity index (χ0v) is 48.9. The Morgan fingerprint density at radius 2 is 1.52 bits per heavy atom. The molecule has 0 aromatic heterocycles. The van der Waals surface area contributed by atoms with E-state index in [9.17, 15) is 19.8 Å². The van der Waals surface area contributed by atoms with Gasteiger partial charge in [0.15, 0.2) is 0 Å². The highest BCUT2D eigenvalue weighted by Gasteiger charge is 2.56. The third-order valence-electron chi connectivity index (χ3n) is 16.0. The number of amides is 2. The van der Waals surface area contributed by atoms with Crippen LogP contribution in [0.4, 0.5) is 0 Å². The number of benzene rings is 2. The molecule has 4 aliphatic rings. The summed E-state index contributed by atoms with van der Waals surface area (Å²) in [6.45, 7) is 30.4. The van der Waals surface area contributed by atoms with Gasteiger partial charge in [-0.3, -0.25) is 9.59 Å². The lowest BCUT2D eigenvalue weighted by atomic mass is 9.52. The van der Waals surface area contributed by atoms with Crippen LogP contribution in [0.3, 0.4) is 0 Å². The van der Waals surface area contributed by atoms with Crippen LogP contribution in [0.1, 0.15) is 202 Å². The largest absolute Gasteiger partial charge is 0.508 e. The predicted molar refractivity (Wildman–Crippen MR) is 311 cm³/mol. The van der Waals surface area contributed by atoms with Crippen molar-refractivity contribution in [2.75, 3.05) is 66.3 Å². The van der Waals surface area contributed by atoms with Crippen LogP contribution in [0.5, 0.6) is 5.75 Å². The first-order chi connectivity index (χ1) is 35.3. The van der Waals surface area contributed by atoms with Crippen LogP contribution >= 0.6 is 0 Å². The van der Waals surface area contributed by atoms with Gasteiger partial charge < -0.3 is 44.3 Å². The van der Waals surface area contributed by atoms with Crippen molar-refractivity contribution in [1.29, 1.82) is 0 Å². The second-order valence-electron chi connectivity index (χ2n) is 23.4. The number of likely N-dealkylation sites (N-methyl/N-ethyl adjacent to an activating group) is 1. The number of allylic oxidation sites excluding steroid dienone is 2. The second kappa shape index (κ2) is 35.0. The van der Waals surface area contributed by atoms with Gasteiger partial charge in [-0.2, -0.15) is 0 Å². The number of nitrogens with one attached hydrogen (secondary N) is 1. The number of aldehydes is 1. The average molecular weight is 1050 g/mol. The zero-order valence-electron chi connectivity index (χ0n) is 48.9. The SMILES string of the molecule is C.CC1CCCN1C(=O)C(NC(=O)CCOCCOCCOCCN(C)CCCCC[C@@H]1Cc2cc(O)ccc2C2CCC3(C)C(O)CCC3C21)C(C)(C)C.CC=O.CCC.CCCC(=C(C)C)c1ccc(C)cc1. The summed E-state index contributed by atoms with van der Waals surface area (Å²) in [6, 6.07) is 14.6. The van der Waals surface area contributed by atoms with Crippen molar-refractivity contribution in [2.24, 2.45) is 28.6 Å². The van der Waals surface area contributed by atoms with Crippen molar-refractivity contribution in [3.05, 3.63) is 70.3 Å². The fraction of sp³-hybridized carbons (Fsp3) is 0.734. The van der Waals surface area contributed by atoms with Crippen molar-refractivity contribution in [2.45, 2.75) is 211 Å². The van der Waals surface area contributed by atoms with Gasteiger partial charge in [-0.05, 0) is 181 Å². The highest BCUT2D eigenvalue weighted by molar-refractivity contribution is 5.88. The standard InChI is InChI=1S/C44H73N3O7.C14H20.C3H8.C2H4O.CH4/c1-31-11-10-21-47(31)42(51)41(43(2,3)4)45-39(50)18-23-52-25-27-54-28-26-53-24-22-46(6)20-9-7-8-12-32-29-33-30-34(48)13-14-35(33)36-17-19-44(5)37(40(32)36)15-16-38(44)49;1-5-6-14(11(2)3)13-9-7-12(4)8-10-13;1-3-2;1-2-3;/h13-14,30-32,36-38,40-41,48-49H,7-12,15-29H2,1-6H3,(H,45,50);7-10H,5-6H2,1-4H3;3H2,1-2H3;2H,1H3;1H4/t31?,32-,36?,37?,38?,40?,41?,44?;;;;/m1..../s1. The summed E-state index contributed by atoms with van der Waals surface area (Å²) in [4.78, 5) is 38.9. The molecule has 428 valence electrons. The van der Waals surface area contributed by atoms with Crippen molar-refractivity contribution >= 4 is 23.7 Å². The Hall–Kier alpha value is -3.61. The molecule has 3 N–H and O–H groups in total. The fourth-order valence-electron chi connectivity index (χ4n) is 12.0. The van der Waals surface area contributed by atoms with E-state index in [1.54, 1.807) is 0 Å². The summed E-state index contributed by atoms with van der Waals surface area (Å²) in [5.74, 6) is 2.66. The number of fused-ring (bicyclic) bond motifs is 5. The number of hydrogen-bond donors (Lipinski definition) is 3. The number of unbranched alkanes of at least 4 members (excludes halogenated alkanes) is 2. The van der Waals surface area contributed by atoms with Gasteiger partial charge >= 0.3 is 0 Å². The number of aromatic hydroxyl groups is 1. The first-order valence-corrected chi connectivity index (χ1v) is 28.9. The van der Waals surface area contributed by atoms with E-state index < -0.39 is 6.04 Å². The zero-order chi connectivity index (χ0) is 54.8. The van der Waals surface area contributed by atoms with Crippen LogP contribution in [0.2, 0.25) is 0 Å². The maximum absolute atomic E-state index is 13.2. The molecule has 7 unspecified atom stereocenters. The molecule has 0 radical (unpaired) electrons. The monoisotopic (exact) mass is 1050 g/mol. The molecular formula is C64H109N3O8. The topological polar surface area (TPSA) is 138 Å². The number of ether oxygens (including phenoxy) is 3. The van der Waals surface area contributed by atoms with Gasteiger partial charge in [0.25, 0.3) is 0 Å². The van der Waals surface area contributed by atoms with Crippen LogP contribution in [-0.4, -0.2) is 123 Å². The predicted octanol–water partition coefficient (Wildman–Crippen LogP) is 13.2. The number of aliphatic hydroxyl groups excluding tert-OH is 1. The minimum atomic E-state index is -0.548. The summed E-state index contributed by atoms with van der Waals surface area (Å²) >= 11 is 0. The molecule has 3 aliphatic carbocycles. The lowest BCUT2D eigenvalue weighted by Gasteiger charge is -2.53. The number of phenols is 1. The first kappa shape index (κ1) is 67.5. The van der Waals surface area contributed by atoms with E-state index >= 15 is 0 Å². The van der Waals surface area contributed by atoms with Crippen LogP contribution in [-0.2, 0) is 35.0 Å². The number of carbonyl (C=O) groups excluding carboxylic acids is 3. The number of aliphatic hydroxyl groups is 1. The third kappa shape index (κ3) is 21.6. The third-order valence-corrected chi connectivity index (χ3v) is 16.0. The number of rotatable bonds is 23. The van der Waals surface area contributed by atoms with Crippen molar-refractivity contribution in [3.63, 3.8) is 0 Å². The van der Waals surface area contributed by atoms with Gasteiger partial charge in [-0.25, -0.2) is 0 Å². The van der Waals surface area contributed by atoms with Gasteiger partial charge in [0.1, 0.15) is 18.1 Å². The van der Waals surface area contributed by atoms with Crippen LogP contribution in [0.25, 0.3) is 5.57 Å². The van der Waals surface area contributed by atoms with Gasteiger partial charge in [0.05, 0.1) is 45.7 Å². The van der Waals surface area contributed by atoms with Crippen LogP contribution in [0.15, 0.2) is 48.0 Å². The van der Waals surface area contributed by atoms with Crippen LogP contribution in [0, 0.1) is 35.5 Å². The molecule has 8 atom stereocenters. The Morgan fingerprint density at radius 3 is 2.11 bits per heavy atom. The fourth-order valence-corrected chi connectivity index (χ4v) is 12.0. The first-order valence-electron chi connectivity index (χ1n) is 28.9. The van der Waals surface area contributed by atoms with Crippen molar-refractivity contribution in [3.8, 4) is 5.75 Å². The van der Waals surface area contributed by atoms with Crippen molar-refractivity contribution < 1.29 is 38.8 Å². The number of hydrogen-bond acceptors (Lipinski definition) is 9. The lowest BCUT2D eigenvalue weighted by molar-refractivity contribution is -0.140. The molecule has 2 aromatic rings. The van der Waals surface area contributed by atoms with Crippen LogP contribution < -0.4 is 5.32 Å². The Morgan fingerprint density at radius 1 is 0.893 bits per heavy atom. The molecule has 2 aromatic carbocycles. The summed E-state index contributed by atoms with van der Waals surface area (Å²) in [6.07, 6.45) is 16.7. The van der Waals surface area contributed by atoms with Gasteiger partial charge in [-0.1, -0.05) is 123 Å². The summed E-state index contributed by atoms with van der Waals surface area (Å²) in [5, 5.41) is 24.2. The number of nitrogens with zero attached hydrogens (tertiary/aromatic N) is 2. The Labute approximate surface area is 457 Å². The second-order valence-corrected chi connectivity index (χ2v) is 23.4. The highest BCUT2D eigenvalue weighted by Crippen LogP contribution is 2.62. The van der Waals surface area contributed by atoms with Gasteiger partial charge in [0, 0.05) is 25.6 Å². The molecule has 1 saturated heterocycles. The molecular weight excluding hydrogens is 939 g/mol. The Bertz CT molecular complexity index is 1960. The Kier molecular flexibility index (Phi) is 31.5. The van der Waals surface area contributed by atoms with E-state index in [4.69, 9.17) is 19.0 Å². The van der Waals surface area contributed by atoms with Gasteiger partial charge in [-0.15, -0.1) is 0 Å². The molecule has 0 spiro atoms. The smallest absolute Gasteiger partial charge is 0.245 e. The molecule has 0 bridgehead atoms. The van der Waals surface area contributed by atoms with E-state index in [-0.39, 0.29) is 55.2 Å². The minimum Gasteiger partial charge on any atom is -0.508 e. The quantitative estimate of drug-likeness (QED) is 0.0734. The minimum absolute atomic E-state index is 0. The summed E-state index contributed by atoms with van der Waals surface area (Å²) in [5.41, 5.74) is 8.17. The number of likely N-dealkylation sites (tertiary alicyclic amines) is 1. The number of phenolic OH excluding ortho intramolecular Hbond substituents is 1. The van der Waals surface area contributed by atoms with Gasteiger partial charge in [0.2, 0.25) is 11.8 Å². The van der Waals surface area contributed by atoms with E-state index in [1.165, 1.54) is 85.3 Å². The normalized spacial score (nSPS) is 22.8. The summed E-state index contributed by atoms with van der Waals surface area (Å²) < 4.78 is 17.1. The Balaban J connectivity index is 0.000000772. The maximum atomic E-state index is 13.2. The maximum Gasteiger partial charge on any atom is 0.245 e. The molecule has 2 amide bonds. The molecule has 11 heteroatoms. The highest BCUT2D eigenvalue weighted by atomic mass is 16.5. The molecule has 2 saturated carbocycles. The van der Waals surface area contributed by atoms with E-state index in [0.29, 0.717) is 62.5 Å². The molecule has 11 nitrogen and oxygen atoms in total. The van der Waals surface area contributed by atoms with E-state index in [1.807, 2.05) is 37.8 Å². The number of aryl methyl sites for hydroxylation is 1. The summed E-state index contributed by atoms with van der Waals surface area (Å²) in [7, 11) is 2.16. The van der Waals surface area contributed by atoms with E-state index in [0.717, 1.165) is 70.9 Å². The molecule has 75 heavy (non-hydrogen) atoms. The number of carbonyl (C=O) groups is 3. The lowest BCUT2D eigenvalue weighted by Crippen LogP contribution is -2.55. The molecule has 1 aliphatic heterocycles. The molecule has 1 heterocycles. The molecule has 3 fully saturated rings. The molecule has 6 rings (SSSR count).